The fraction of sp³-hybridized carbons (Fsp3) is 0.308. The van der Waals surface area contributed by atoms with Crippen molar-refractivity contribution in [1.82, 2.24) is 0 Å². The summed E-state index contributed by atoms with van der Waals surface area (Å²) in [6, 6.07) is 8.70. The van der Waals surface area contributed by atoms with Crippen LogP contribution in [0.1, 0.15) is 61.1 Å². The molecule has 15 heteroatoms. The maximum Gasteiger partial charge on any atom is 0.346 e. The van der Waals surface area contributed by atoms with E-state index in [2.05, 4.69) is 0 Å². The molecule has 3 aromatic carbocycles. The summed E-state index contributed by atoms with van der Waals surface area (Å²) in [4.78, 5) is 55.7. The maximum atomic E-state index is 12.0. The van der Waals surface area contributed by atoms with Gasteiger partial charge in [0, 0.05) is 58.1 Å². The van der Waals surface area contributed by atoms with Crippen LogP contribution in [-0.4, -0.2) is 24.6 Å². The Hall–Kier alpha value is -5.34. The molecule has 41 heavy (non-hydrogen) atoms. The zero-order valence-corrected chi connectivity index (χ0v) is 21.9. The molecule has 0 radical (unpaired) electrons. The van der Waals surface area contributed by atoms with E-state index >= 15 is 0 Å². The third-order valence-corrected chi connectivity index (χ3v) is 10.5. The minimum absolute atomic E-state index is 0.251. The van der Waals surface area contributed by atoms with Gasteiger partial charge in [0.25, 0.3) is 5.69 Å². The van der Waals surface area contributed by atoms with E-state index in [1.54, 1.807) is 26.8 Å². The molecule has 6 rings (SSSR count). The van der Waals surface area contributed by atoms with Gasteiger partial charge >= 0.3 is 22.7 Å². The Balaban J connectivity index is 1.89. The van der Waals surface area contributed by atoms with Crippen LogP contribution in [0.2, 0.25) is 0 Å². The van der Waals surface area contributed by atoms with Crippen molar-refractivity contribution in [3.8, 4) is 0 Å². The van der Waals surface area contributed by atoms with Gasteiger partial charge in [-0.1, -0.05) is 33.8 Å². The third-order valence-electron chi connectivity index (χ3n) is 10.5. The number of rotatable bonds is 5. The Morgan fingerprint density at radius 3 is 1.02 bits per heavy atom. The number of nitrogens with zero attached hydrogens (tertiary/aromatic N) is 5. The van der Waals surface area contributed by atoms with E-state index in [0.717, 1.165) is 24.3 Å². The van der Waals surface area contributed by atoms with E-state index in [-0.39, 0.29) is 11.3 Å². The second-order valence-corrected chi connectivity index (χ2v) is 11.3. The number of non-ortho nitro benzene ring substituents is 1. The number of nitro benzene ring substituents is 5. The number of benzene rings is 3. The second-order valence-electron chi connectivity index (χ2n) is 11.3. The summed E-state index contributed by atoms with van der Waals surface area (Å²) in [5.41, 5.74) is -5.89. The summed E-state index contributed by atoms with van der Waals surface area (Å²) in [6.45, 7) is 7.08. The van der Waals surface area contributed by atoms with Gasteiger partial charge in [-0.05, 0) is 33.4 Å². The Bertz CT molecular complexity index is 1850. The molecule has 0 spiro atoms. The maximum absolute atomic E-state index is 12.0. The number of hydrogen-bond acceptors (Lipinski definition) is 10. The van der Waals surface area contributed by atoms with Crippen molar-refractivity contribution >= 4 is 28.4 Å². The molecule has 4 unspecified atom stereocenters. The Morgan fingerprint density at radius 2 is 0.732 bits per heavy atom. The molecular weight excluding hydrogens is 542 g/mol. The van der Waals surface area contributed by atoms with Crippen LogP contribution in [0.3, 0.4) is 0 Å². The molecule has 0 bridgehead atoms. The first-order valence-corrected chi connectivity index (χ1v) is 12.2. The normalized spacial score (nSPS) is 27.9. The third kappa shape index (κ3) is 2.46. The number of hydrogen-bond donors (Lipinski definition) is 0. The van der Waals surface area contributed by atoms with Crippen LogP contribution in [0.15, 0.2) is 42.5 Å². The molecule has 208 valence electrons. The summed E-state index contributed by atoms with van der Waals surface area (Å²) in [5, 5.41) is 59.8. The van der Waals surface area contributed by atoms with Crippen LogP contribution in [-0.2, 0) is 16.2 Å². The Labute approximate surface area is 229 Å². The van der Waals surface area contributed by atoms with Crippen LogP contribution in [0.5, 0.6) is 0 Å². The van der Waals surface area contributed by atoms with E-state index < -0.39 is 69.0 Å². The van der Waals surface area contributed by atoms with E-state index in [4.69, 9.17) is 0 Å². The zero-order chi connectivity index (χ0) is 30.2. The molecule has 0 heterocycles. The fourth-order valence-electron chi connectivity index (χ4n) is 8.44. The van der Waals surface area contributed by atoms with Gasteiger partial charge < -0.3 is 0 Å². The SMILES string of the molecule is CC12c3ccc([N+](=O)[O-])cc3C3(C)c4cc([N+](=O)[O-])c([N+](=O)[O-])cc4C(C)(c4cc([N+](=O)[O-])c([N+](=O)[O-])cc41)C23C. The lowest BCUT2D eigenvalue weighted by Crippen LogP contribution is -2.51. The van der Waals surface area contributed by atoms with Crippen molar-refractivity contribution in [3.63, 3.8) is 0 Å². The van der Waals surface area contributed by atoms with Gasteiger partial charge in [-0.3, -0.25) is 50.6 Å². The van der Waals surface area contributed by atoms with E-state index in [1.807, 2.05) is 6.92 Å². The lowest BCUT2D eigenvalue weighted by molar-refractivity contribution is -0.422. The predicted molar refractivity (Wildman–Crippen MR) is 140 cm³/mol. The molecule has 0 aliphatic heterocycles. The van der Waals surface area contributed by atoms with Crippen molar-refractivity contribution in [3.05, 3.63) is 126 Å². The molecule has 3 aliphatic carbocycles. The van der Waals surface area contributed by atoms with Gasteiger partial charge in [0.15, 0.2) is 0 Å². The van der Waals surface area contributed by atoms with Crippen LogP contribution >= 0.6 is 0 Å². The first-order valence-electron chi connectivity index (χ1n) is 12.2. The first-order chi connectivity index (χ1) is 19.0. The summed E-state index contributed by atoms with van der Waals surface area (Å²) in [5.74, 6) is 0. The molecule has 15 nitrogen and oxygen atoms in total. The molecule has 0 saturated carbocycles. The molecule has 0 aromatic heterocycles. The standard InChI is InChI=1S/C26H19N5O10/c1-23-13-6-5-12(27(32)33)7-14(13)24(2)17-10-21(30(38)39)22(31(40)41)11-18(17)25(3,26(23,24)4)16-9-20(29(36)37)19(28(34)35)8-15(16)23/h5-11H,1-4H3. The van der Waals surface area contributed by atoms with E-state index in [9.17, 15) is 50.6 Å². The van der Waals surface area contributed by atoms with Gasteiger partial charge in [-0.25, -0.2) is 0 Å². The van der Waals surface area contributed by atoms with Gasteiger partial charge in [0.2, 0.25) is 0 Å². The van der Waals surface area contributed by atoms with E-state index in [0.29, 0.717) is 27.8 Å². The van der Waals surface area contributed by atoms with Crippen molar-refractivity contribution < 1.29 is 24.6 Å². The average Bonchev–Trinajstić information content (AvgIpc) is 3.26. The fourth-order valence-corrected chi connectivity index (χ4v) is 8.44. The molecule has 0 N–H and O–H groups in total. The molecule has 4 atom stereocenters. The van der Waals surface area contributed by atoms with Gasteiger partial charge in [0.1, 0.15) is 0 Å². The summed E-state index contributed by atoms with van der Waals surface area (Å²) in [6.07, 6.45) is 0. The van der Waals surface area contributed by atoms with Crippen LogP contribution in [0.4, 0.5) is 28.4 Å². The topological polar surface area (TPSA) is 216 Å². The second kappa shape index (κ2) is 7.24. The minimum atomic E-state index is -1.31. The largest absolute Gasteiger partial charge is 0.346 e. The highest BCUT2D eigenvalue weighted by Gasteiger charge is 2.80. The first kappa shape index (κ1) is 25.9. The quantitative estimate of drug-likeness (QED) is 0.281. The van der Waals surface area contributed by atoms with Crippen molar-refractivity contribution in [2.45, 2.75) is 43.9 Å². The van der Waals surface area contributed by atoms with Crippen molar-refractivity contribution in [2.75, 3.05) is 0 Å². The van der Waals surface area contributed by atoms with Crippen molar-refractivity contribution in [2.24, 2.45) is 5.41 Å². The van der Waals surface area contributed by atoms with Crippen LogP contribution in [0, 0.1) is 56.0 Å². The lowest BCUT2D eigenvalue weighted by Gasteiger charge is -2.49. The average molecular weight is 561 g/mol. The monoisotopic (exact) mass is 561 g/mol. The number of nitro groups is 5. The van der Waals surface area contributed by atoms with Crippen LogP contribution in [0.25, 0.3) is 0 Å². The van der Waals surface area contributed by atoms with Gasteiger partial charge in [0.05, 0.1) is 24.6 Å². The predicted octanol–water partition coefficient (Wildman–Crippen LogP) is 5.49. The minimum Gasteiger partial charge on any atom is -0.258 e. The Kier molecular flexibility index (Phi) is 4.57. The van der Waals surface area contributed by atoms with Crippen molar-refractivity contribution in [1.29, 1.82) is 0 Å². The molecule has 3 aliphatic rings. The van der Waals surface area contributed by atoms with Gasteiger partial charge in [-0.2, -0.15) is 0 Å². The van der Waals surface area contributed by atoms with Crippen LogP contribution < -0.4 is 0 Å². The smallest absolute Gasteiger partial charge is 0.258 e. The molecule has 0 amide bonds. The molecule has 3 aromatic rings. The summed E-state index contributed by atoms with van der Waals surface area (Å²) < 4.78 is 0. The van der Waals surface area contributed by atoms with E-state index in [1.165, 1.54) is 12.1 Å². The summed E-state index contributed by atoms with van der Waals surface area (Å²) >= 11 is 0. The highest BCUT2D eigenvalue weighted by molar-refractivity contribution is 5.81. The molecule has 0 saturated heterocycles. The van der Waals surface area contributed by atoms with Gasteiger partial charge in [-0.15, -0.1) is 0 Å². The lowest BCUT2D eigenvalue weighted by atomic mass is 9.52. The zero-order valence-electron chi connectivity index (χ0n) is 21.9. The number of fused-ring (bicyclic) bond motifs is 9. The summed E-state index contributed by atoms with van der Waals surface area (Å²) in [7, 11) is 0. The Morgan fingerprint density at radius 1 is 0.439 bits per heavy atom. The highest BCUT2D eigenvalue weighted by atomic mass is 16.6. The highest BCUT2D eigenvalue weighted by Crippen LogP contribution is 2.83. The molecule has 0 fully saturated rings. The molecular formula is C26H19N5O10.